The quantitative estimate of drug-likeness (QED) is 0.833. The van der Waals surface area contributed by atoms with Crippen LogP contribution < -0.4 is 10.1 Å². The van der Waals surface area contributed by atoms with Crippen LogP contribution in [0.25, 0.3) is 0 Å². The van der Waals surface area contributed by atoms with Crippen LogP contribution in [0, 0.1) is 5.41 Å². The third-order valence-electron chi connectivity index (χ3n) is 5.20. The summed E-state index contributed by atoms with van der Waals surface area (Å²) in [6.45, 7) is 3.20. The number of ether oxygens (including phenoxy) is 1. The van der Waals surface area contributed by atoms with Gasteiger partial charge >= 0.3 is 0 Å². The molecule has 116 valence electrons. The first-order valence-corrected chi connectivity index (χ1v) is 8.77. The highest BCUT2D eigenvalue weighted by Crippen LogP contribution is 2.54. The van der Waals surface area contributed by atoms with E-state index in [4.69, 9.17) is 27.9 Å². The van der Waals surface area contributed by atoms with E-state index in [9.17, 15) is 0 Å². The Kier molecular flexibility index (Phi) is 4.68. The van der Waals surface area contributed by atoms with Crippen LogP contribution in [-0.4, -0.2) is 18.7 Å². The largest absolute Gasteiger partial charge is 0.487 e. The molecule has 0 aliphatic heterocycles. The minimum atomic E-state index is 0.235. The third kappa shape index (κ3) is 2.78. The molecule has 21 heavy (non-hydrogen) atoms. The van der Waals surface area contributed by atoms with Crippen molar-refractivity contribution in [3.63, 3.8) is 0 Å². The van der Waals surface area contributed by atoms with Crippen molar-refractivity contribution in [2.45, 2.75) is 57.6 Å². The van der Waals surface area contributed by atoms with Gasteiger partial charge in [-0.05, 0) is 31.5 Å². The maximum Gasteiger partial charge on any atom is 0.156 e. The van der Waals surface area contributed by atoms with Crippen molar-refractivity contribution in [1.82, 2.24) is 5.32 Å². The van der Waals surface area contributed by atoms with E-state index < -0.39 is 0 Å². The average molecular weight is 328 g/mol. The van der Waals surface area contributed by atoms with Crippen LogP contribution in [-0.2, 0) is 0 Å². The highest BCUT2D eigenvalue weighted by atomic mass is 35.5. The van der Waals surface area contributed by atoms with Gasteiger partial charge in [0, 0.05) is 17.9 Å². The number of halogens is 2. The van der Waals surface area contributed by atoms with E-state index in [0.717, 1.165) is 13.0 Å². The minimum Gasteiger partial charge on any atom is -0.487 e. The molecule has 1 aromatic carbocycles. The van der Waals surface area contributed by atoms with Crippen LogP contribution >= 0.6 is 23.2 Å². The smallest absolute Gasteiger partial charge is 0.156 e. The first-order valence-electron chi connectivity index (χ1n) is 8.01. The molecule has 0 amide bonds. The summed E-state index contributed by atoms with van der Waals surface area (Å²) in [5, 5.41) is 4.86. The second-order valence-corrected chi connectivity index (χ2v) is 7.11. The van der Waals surface area contributed by atoms with E-state index in [1.165, 1.54) is 32.1 Å². The van der Waals surface area contributed by atoms with Crippen molar-refractivity contribution in [3.05, 3.63) is 28.2 Å². The highest BCUT2D eigenvalue weighted by Gasteiger charge is 2.56. The van der Waals surface area contributed by atoms with Gasteiger partial charge in [0.25, 0.3) is 0 Å². The van der Waals surface area contributed by atoms with Gasteiger partial charge in [0.05, 0.1) is 10.0 Å². The summed E-state index contributed by atoms with van der Waals surface area (Å²) in [7, 11) is 0. The fraction of sp³-hybridized carbons (Fsp3) is 0.647. The molecule has 3 rings (SSSR count). The molecule has 4 heteroatoms. The van der Waals surface area contributed by atoms with Gasteiger partial charge in [-0.2, -0.15) is 0 Å². The summed E-state index contributed by atoms with van der Waals surface area (Å²) in [4.78, 5) is 0. The summed E-state index contributed by atoms with van der Waals surface area (Å²) < 4.78 is 6.28. The maximum absolute atomic E-state index is 6.28. The standard InChI is InChI=1S/C17H23Cl2NO/c1-2-20-14-11-15(17(14)9-4-3-5-10-17)21-16-12(18)7-6-8-13(16)19/h6-8,14-15,20H,2-5,9-11H2,1H3. The van der Waals surface area contributed by atoms with Crippen LogP contribution in [0.5, 0.6) is 5.75 Å². The molecule has 2 aliphatic carbocycles. The Morgan fingerprint density at radius 3 is 2.48 bits per heavy atom. The molecule has 1 spiro atoms. The van der Waals surface area contributed by atoms with Crippen LogP contribution in [0.2, 0.25) is 10.0 Å². The van der Waals surface area contributed by atoms with Crippen molar-refractivity contribution in [1.29, 1.82) is 0 Å². The molecule has 1 aromatic rings. The molecule has 2 fully saturated rings. The molecule has 0 heterocycles. The predicted octanol–water partition coefficient (Wildman–Crippen LogP) is 5.07. The zero-order chi connectivity index (χ0) is 14.9. The van der Waals surface area contributed by atoms with Crippen molar-refractivity contribution >= 4 is 23.2 Å². The Bertz CT molecular complexity index is 479. The fourth-order valence-electron chi connectivity index (χ4n) is 4.06. The molecule has 2 saturated carbocycles. The van der Waals surface area contributed by atoms with Gasteiger partial charge in [-0.25, -0.2) is 0 Å². The third-order valence-corrected chi connectivity index (χ3v) is 5.79. The lowest BCUT2D eigenvalue weighted by molar-refractivity contribution is -0.102. The van der Waals surface area contributed by atoms with Gasteiger partial charge in [0.2, 0.25) is 0 Å². The van der Waals surface area contributed by atoms with Crippen LogP contribution in [0.3, 0.4) is 0 Å². The zero-order valence-electron chi connectivity index (χ0n) is 12.5. The second-order valence-electron chi connectivity index (χ2n) is 6.30. The van der Waals surface area contributed by atoms with E-state index in [1.54, 1.807) is 0 Å². The van der Waals surface area contributed by atoms with Crippen LogP contribution in [0.4, 0.5) is 0 Å². The fourth-order valence-corrected chi connectivity index (χ4v) is 4.55. The lowest BCUT2D eigenvalue weighted by Gasteiger charge is -2.57. The Labute approximate surface area is 137 Å². The SMILES string of the molecule is CCNC1CC(Oc2c(Cl)cccc2Cl)C12CCCCC2. The Balaban J connectivity index is 1.79. The topological polar surface area (TPSA) is 21.3 Å². The zero-order valence-corrected chi connectivity index (χ0v) is 14.0. The second kappa shape index (κ2) is 6.36. The monoisotopic (exact) mass is 327 g/mol. The summed E-state index contributed by atoms with van der Waals surface area (Å²) in [6, 6.07) is 6.12. The van der Waals surface area contributed by atoms with E-state index in [0.29, 0.717) is 21.8 Å². The van der Waals surface area contributed by atoms with E-state index in [1.807, 2.05) is 18.2 Å². The number of nitrogens with one attached hydrogen (secondary N) is 1. The van der Waals surface area contributed by atoms with Gasteiger partial charge in [-0.15, -0.1) is 0 Å². The van der Waals surface area contributed by atoms with E-state index in [2.05, 4.69) is 12.2 Å². The molecule has 0 bridgehead atoms. The number of para-hydroxylation sites is 1. The maximum atomic E-state index is 6.28. The molecular weight excluding hydrogens is 305 g/mol. The summed E-state index contributed by atoms with van der Waals surface area (Å²) in [5.74, 6) is 0.658. The lowest BCUT2D eigenvalue weighted by Crippen LogP contribution is -2.65. The molecular formula is C17H23Cl2NO. The summed E-state index contributed by atoms with van der Waals surface area (Å²) in [6.07, 6.45) is 7.74. The minimum absolute atomic E-state index is 0.235. The van der Waals surface area contributed by atoms with Crippen LogP contribution in [0.1, 0.15) is 45.4 Å². The Morgan fingerprint density at radius 1 is 1.19 bits per heavy atom. The van der Waals surface area contributed by atoms with E-state index >= 15 is 0 Å². The van der Waals surface area contributed by atoms with Crippen molar-refractivity contribution < 1.29 is 4.74 Å². The molecule has 0 aromatic heterocycles. The van der Waals surface area contributed by atoms with E-state index in [-0.39, 0.29) is 11.5 Å². The molecule has 1 N–H and O–H groups in total. The molecule has 0 radical (unpaired) electrons. The molecule has 2 nitrogen and oxygen atoms in total. The molecule has 2 unspecified atom stereocenters. The van der Waals surface area contributed by atoms with Gasteiger partial charge < -0.3 is 10.1 Å². The predicted molar refractivity (Wildman–Crippen MR) is 88.5 cm³/mol. The van der Waals surface area contributed by atoms with Gasteiger partial charge in [0.15, 0.2) is 5.75 Å². The van der Waals surface area contributed by atoms with Crippen molar-refractivity contribution in [2.24, 2.45) is 5.41 Å². The van der Waals surface area contributed by atoms with Crippen LogP contribution in [0.15, 0.2) is 18.2 Å². The Morgan fingerprint density at radius 2 is 1.86 bits per heavy atom. The molecule has 2 atom stereocenters. The summed E-state index contributed by atoms with van der Waals surface area (Å²) in [5.41, 5.74) is 0.275. The lowest BCUT2D eigenvalue weighted by atomic mass is 9.55. The van der Waals surface area contributed by atoms with Crippen molar-refractivity contribution in [3.8, 4) is 5.75 Å². The first-order chi connectivity index (χ1) is 10.2. The van der Waals surface area contributed by atoms with Gasteiger partial charge in [-0.1, -0.05) is 55.5 Å². The molecule has 0 saturated heterocycles. The Hall–Kier alpha value is -0.440. The number of benzene rings is 1. The highest BCUT2D eigenvalue weighted by molar-refractivity contribution is 6.37. The van der Waals surface area contributed by atoms with Crippen molar-refractivity contribution in [2.75, 3.05) is 6.54 Å². The first kappa shape index (κ1) is 15.5. The summed E-state index contributed by atoms with van der Waals surface area (Å²) >= 11 is 12.5. The molecule has 2 aliphatic rings. The number of hydrogen-bond donors (Lipinski definition) is 1. The number of rotatable bonds is 4. The van der Waals surface area contributed by atoms with Gasteiger partial charge in [0.1, 0.15) is 6.10 Å². The average Bonchev–Trinajstić information content (AvgIpc) is 2.50. The number of hydrogen-bond acceptors (Lipinski definition) is 2. The normalized spacial score (nSPS) is 27.4. The van der Waals surface area contributed by atoms with Gasteiger partial charge in [-0.3, -0.25) is 0 Å².